The Morgan fingerprint density at radius 1 is 1.24 bits per heavy atom. The molecule has 0 aromatic heterocycles. The van der Waals surface area contributed by atoms with E-state index in [1.807, 2.05) is 0 Å². The van der Waals surface area contributed by atoms with Crippen molar-refractivity contribution in [1.82, 2.24) is 5.32 Å². The Morgan fingerprint density at radius 3 is 2.52 bits per heavy atom. The third-order valence-corrected chi connectivity index (χ3v) is 5.73. The van der Waals surface area contributed by atoms with Crippen molar-refractivity contribution in [2.75, 3.05) is 31.1 Å². The summed E-state index contributed by atoms with van der Waals surface area (Å²) >= 11 is 0. The van der Waals surface area contributed by atoms with Crippen LogP contribution in [0.5, 0.6) is 0 Å². The Balaban J connectivity index is 1.86. The fourth-order valence-corrected chi connectivity index (χ4v) is 4.08. The molecule has 2 nitrogen and oxygen atoms in total. The van der Waals surface area contributed by atoms with Crippen LogP contribution in [0.2, 0.25) is 6.32 Å². The predicted octanol–water partition coefficient (Wildman–Crippen LogP) is 3.61. The molecule has 1 unspecified atom stereocenters. The zero-order chi connectivity index (χ0) is 18.0. The lowest BCUT2D eigenvalue weighted by Gasteiger charge is -2.36. The lowest BCUT2D eigenvalue weighted by atomic mass is 9.82. The number of hydrogen-bond donors (Lipinski definition) is 1. The number of piperidine rings is 1. The Morgan fingerprint density at radius 2 is 1.96 bits per heavy atom. The summed E-state index contributed by atoms with van der Waals surface area (Å²) in [7, 11) is 2.12. The van der Waals surface area contributed by atoms with E-state index in [-0.39, 0.29) is 0 Å². The number of hydrogen-bond acceptors (Lipinski definition) is 2. The number of allylic oxidation sites excluding steroid dienone is 1. The highest BCUT2D eigenvalue weighted by molar-refractivity contribution is 6.10. The average molecular weight is 350 g/mol. The van der Waals surface area contributed by atoms with Gasteiger partial charge in [-0.05, 0) is 55.3 Å². The second-order valence-corrected chi connectivity index (χ2v) is 7.23. The maximum Gasteiger partial charge on any atom is 0.416 e. The summed E-state index contributed by atoms with van der Waals surface area (Å²) in [5.74, 6) is 0.810. The maximum atomic E-state index is 13.2. The minimum absolute atomic E-state index is 0.306. The van der Waals surface area contributed by atoms with Crippen LogP contribution in [0.3, 0.4) is 0 Å². The Kier molecular flexibility index (Phi) is 5.47. The second kappa shape index (κ2) is 7.44. The molecule has 2 aliphatic heterocycles. The third kappa shape index (κ3) is 4.05. The van der Waals surface area contributed by atoms with Crippen LogP contribution in [-0.4, -0.2) is 34.0 Å². The molecule has 1 aromatic carbocycles. The van der Waals surface area contributed by atoms with Gasteiger partial charge in [0.05, 0.1) is 5.56 Å². The van der Waals surface area contributed by atoms with Crippen LogP contribution in [0.4, 0.5) is 18.9 Å². The van der Waals surface area contributed by atoms with E-state index in [0.717, 1.165) is 63.0 Å². The predicted molar refractivity (Wildman–Crippen MR) is 99.1 cm³/mol. The largest absolute Gasteiger partial charge is 0.416 e. The van der Waals surface area contributed by atoms with Crippen molar-refractivity contribution in [3.05, 3.63) is 41.5 Å². The van der Waals surface area contributed by atoms with Gasteiger partial charge in [-0.1, -0.05) is 18.0 Å². The number of benzene rings is 1. The molecule has 0 aliphatic carbocycles. The van der Waals surface area contributed by atoms with E-state index >= 15 is 0 Å². The van der Waals surface area contributed by atoms with Crippen LogP contribution in [0.15, 0.2) is 30.4 Å². The first kappa shape index (κ1) is 18.4. The summed E-state index contributed by atoms with van der Waals surface area (Å²) in [5.41, 5.74) is 2.57. The summed E-state index contributed by atoms with van der Waals surface area (Å²) in [5, 5.41) is 3.32. The smallest absolute Gasteiger partial charge is 0.371 e. The summed E-state index contributed by atoms with van der Waals surface area (Å²) in [6, 6.07) is 4.30. The minimum Gasteiger partial charge on any atom is -0.371 e. The molecule has 25 heavy (non-hydrogen) atoms. The summed E-state index contributed by atoms with van der Waals surface area (Å²) in [4.78, 5) is 2.16. The molecule has 1 aromatic rings. The van der Waals surface area contributed by atoms with E-state index in [1.165, 1.54) is 17.7 Å². The topological polar surface area (TPSA) is 15.3 Å². The van der Waals surface area contributed by atoms with Gasteiger partial charge < -0.3 is 10.2 Å². The van der Waals surface area contributed by atoms with Gasteiger partial charge in [-0.15, -0.1) is 6.58 Å². The molecular formula is C19H26BF3N2. The molecule has 2 fully saturated rings. The first-order valence-electron chi connectivity index (χ1n) is 9.24. The van der Waals surface area contributed by atoms with E-state index in [9.17, 15) is 13.2 Å². The monoisotopic (exact) mass is 350 g/mol. The Labute approximate surface area is 148 Å². The molecule has 1 atom stereocenters. The number of nitrogens with one attached hydrogen (secondary N) is 1. The number of halogens is 3. The molecule has 2 aliphatic rings. The highest BCUT2D eigenvalue weighted by Gasteiger charge is 2.33. The van der Waals surface area contributed by atoms with Gasteiger partial charge in [0.2, 0.25) is 0 Å². The lowest BCUT2D eigenvalue weighted by Crippen LogP contribution is -2.35. The van der Waals surface area contributed by atoms with Crippen molar-refractivity contribution in [2.45, 2.75) is 37.7 Å². The summed E-state index contributed by atoms with van der Waals surface area (Å²) < 4.78 is 39.6. The lowest BCUT2D eigenvalue weighted by molar-refractivity contribution is -0.137. The van der Waals surface area contributed by atoms with E-state index in [2.05, 4.69) is 24.6 Å². The molecule has 136 valence electrons. The average Bonchev–Trinajstić information content (AvgIpc) is 3.14. The van der Waals surface area contributed by atoms with Gasteiger partial charge in [-0.25, -0.2) is 0 Å². The first-order valence-corrected chi connectivity index (χ1v) is 9.24. The number of rotatable bonds is 4. The van der Waals surface area contributed by atoms with Crippen LogP contribution in [0, 0.1) is 5.92 Å². The van der Waals surface area contributed by atoms with Crippen LogP contribution in [0.1, 0.15) is 36.3 Å². The van der Waals surface area contributed by atoms with Crippen molar-refractivity contribution in [3.63, 3.8) is 0 Å². The molecule has 0 amide bonds. The number of alkyl halides is 3. The van der Waals surface area contributed by atoms with Gasteiger partial charge in [0.15, 0.2) is 0 Å². The molecule has 0 bridgehead atoms. The van der Waals surface area contributed by atoms with Crippen molar-refractivity contribution >= 4 is 13.5 Å². The number of nitrogens with zero attached hydrogens (tertiary/aromatic N) is 1. The molecule has 0 spiro atoms. The molecule has 0 radical (unpaired) electrons. The van der Waals surface area contributed by atoms with Crippen molar-refractivity contribution in [1.29, 1.82) is 0 Å². The minimum atomic E-state index is -4.30. The summed E-state index contributed by atoms with van der Waals surface area (Å²) in [6.07, 6.45) is -0.374. The highest BCUT2D eigenvalue weighted by atomic mass is 19.4. The molecule has 2 saturated heterocycles. The second-order valence-electron chi connectivity index (χ2n) is 7.23. The van der Waals surface area contributed by atoms with E-state index < -0.39 is 11.7 Å². The fraction of sp³-hybridized carbons (Fsp3) is 0.579. The van der Waals surface area contributed by atoms with Crippen molar-refractivity contribution in [3.8, 4) is 0 Å². The van der Waals surface area contributed by atoms with E-state index in [0.29, 0.717) is 11.8 Å². The van der Waals surface area contributed by atoms with Crippen molar-refractivity contribution in [2.24, 2.45) is 5.92 Å². The van der Waals surface area contributed by atoms with Crippen molar-refractivity contribution < 1.29 is 13.2 Å². The Bertz CT molecular complexity index is 616. The molecule has 0 saturated carbocycles. The van der Waals surface area contributed by atoms with Gasteiger partial charge in [-0.3, -0.25) is 0 Å². The quantitative estimate of drug-likeness (QED) is 0.659. The van der Waals surface area contributed by atoms with Crippen LogP contribution < -0.4 is 10.2 Å². The van der Waals surface area contributed by atoms with Gasteiger partial charge in [0.1, 0.15) is 7.85 Å². The molecule has 1 N–H and O–H groups in total. The third-order valence-electron chi connectivity index (χ3n) is 5.73. The van der Waals surface area contributed by atoms with E-state index in [1.54, 1.807) is 6.07 Å². The first-order chi connectivity index (χ1) is 11.9. The highest BCUT2D eigenvalue weighted by Crippen LogP contribution is 2.39. The van der Waals surface area contributed by atoms with Gasteiger partial charge >= 0.3 is 6.18 Å². The fourth-order valence-electron chi connectivity index (χ4n) is 4.08. The maximum absolute atomic E-state index is 13.2. The molecule has 2 heterocycles. The number of anilines is 1. The zero-order valence-corrected chi connectivity index (χ0v) is 14.8. The normalized spacial score (nSPS) is 22.4. The molecule has 6 heteroatoms. The van der Waals surface area contributed by atoms with Crippen LogP contribution in [-0.2, 0) is 6.18 Å². The van der Waals surface area contributed by atoms with Crippen LogP contribution >= 0.6 is 0 Å². The van der Waals surface area contributed by atoms with Crippen LogP contribution in [0.25, 0.3) is 0 Å². The van der Waals surface area contributed by atoms with Gasteiger partial charge in [0, 0.05) is 25.3 Å². The van der Waals surface area contributed by atoms with Gasteiger partial charge in [-0.2, -0.15) is 13.2 Å². The Hall–Kier alpha value is -1.43. The standard InChI is InChI=1S/C19H26BF3N2/c1-13(11-20)14-5-8-25(9-6-14)18-10-16(19(21,22)23)2-3-17(18)15-4-7-24-12-15/h2-3,10,14-15,24H,1,4-9,11-12,20H2. The van der Waals surface area contributed by atoms with Gasteiger partial charge in [0.25, 0.3) is 0 Å². The van der Waals surface area contributed by atoms with E-state index in [4.69, 9.17) is 0 Å². The SMILES string of the molecule is BCC(=C)C1CCN(c2cc(C(F)(F)F)ccc2C2CCNC2)CC1. The molecular weight excluding hydrogens is 324 g/mol. The zero-order valence-electron chi connectivity index (χ0n) is 14.8. The summed E-state index contributed by atoms with van der Waals surface area (Å²) in [6.45, 7) is 7.54. The molecule has 3 rings (SSSR count).